The highest BCUT2D eigenvalue weighted by atomic mass is 19.1. The van der Waals surface area contributed by atoms with Gasteiger partial charge in [0.05, 0.1) is 6.61 Å². The van der Waals surface area contributed by atoms with E-state index in [0.29, 0.717) is 18.2 Å². The van der Waals surface area contributed by atoms with Crippen molar-refractivity contribution in [2.75, 3.05) is 13.2 Å². The predicted molar refractivity (Wildman–Crippen MR) is 68.2 cm³/mol. The van der Waals surface area contributed by atoms with E-state index < -0.39 is 5.82 Å². The van der Waals surface area contributed by atoms with E-state index in [4.69, 9.17) is 9.84 Å². The van der Waals surface area contributed by atoms with E-state index in [0.717, 1.165) is 12.8 Å². The first-order chi connectivity index (χ1) is 9.13. The van der Waals surface area contributed by atoms with E-state index in [1.807, 2.05) is 6.92 Å². The first-order valence-electron chi connectivity index (χ1n) is 6.46. The largest absolute Gasteiger partial charge is 0.484 e. The van der Waals surface area contributed by atoms with Crippen molar-refractivity contribution in [2.45, 2.75) is 32.4 Å². The fourth-order valence-electron chi connectivity index (χ4n) is 2.05. The molecule has 1 fully saturated rings. The average Bonchev–Trinajstić information content (AvgIpc) is 3.21. The molecule has 2 rings (SSSR count). The first kappa shape index (κ1) is 13.8. The lowest BCUT2D eigenvalue weighted by Gasteiger charge is -2.20. The number of rotatable bonds is 6. The Morgan fingerprint density at radius 1 is 1.47 bits per heavy atom. The zero-order valence-electron chi connectivity index (χ0n) is 10.9. The molecule has 5 heteroatoms. The van der Waals surface area contributed by atoms with Gasteiger partial charge in [-0.25, -0.2) is 4.39 Å². The quantitative estimate of drug-likeness (QED) is 0.853. The highest BCUT2D eigenvalue weighted by Crippen LogP contribution is 2.26. The third-order valence-electron chi connectivity index (χ3n) is 3.12. The van der Waals surface area contributed by atoms with Gasteiger partial charge in [0.25, 0.3) is 5.91 Å². The number of benzene rings is 1. The zero-order valence-corrected chi connectivity index (χ0v) is 10.9. The molecule has 0 unspecified atom stereocenters. The summed E-state index contributed by atoms with van der Waals surface area (Å²) in [7, 11) is 0. The fraction of sp³-hybridized carbons (Fsp3) is 0.500. The number of aliphatic hydroxyl groups excluding tert-OH is 1. The highest BCUT2D eigenvalue weighted by Gasteiger charge is 2.31. The monoisotopic (exact) mass is 267 g/mol. The van der Waals surface area contributed by atoms with Crippen LogP contribution in [0.5, 0.6) is 5.75 Å². The van der Waals surface area contributed by atoms with Gasteiger partial charge in [-0.05, 0) is 37.5 Å². The van der Waals surface area contributed by atoms with E-state index in [1.54, 1.807) is 4.90 Å². The minimum absolute atomic E-state index is 0.0835. The Balaban J connectivity index is 1.94. The van der Waals surface area contributed by atoms with Crippen LogP contribution >= 0.6 is 0 Å². The Labute approximate surface area is 111 Å². The molecule has 1 aromatic carbocycles. The van der Waals surface area contributed by atoms with Crippen LogP contribution in [0.15, 0.2) is 18.2 Å². The van der Waals surface area contributed by atoms with Crippen molar-refractivity contribution in [1.29, 1.82) is 0 Å². The van der Waals surface area contributed by atoms with E-state index in [2.05, 4.69) is 0 Å². The molecule has 1 aliphatic carbocycles. The SMILES string of the molecule is CCN(C(=O)COc1cc(F)cc(CO)c1)C1CC1. The van der Waals surface area contributed by atoms with Gasteiger partial charge in [0.15, 0.2) is 6.61 Å². The lowest BCUT2D eigenvalue weighted by molar-refractivity contribution is -0.133. The molecular weight excluding hydrogens is 249 g/mol. The van der Waals surface area contributed by atoms with Gasteiger partial charge in [0.1, 0.15) is 11.6 Å². The third-order valence-corrected chi connectivity index (χ3v) is 3.12. The summed E-state index contributed by atoms with van der Waals surface area (Å²) in [6, 6.07) is 4.32. The molecule has 1 aromatic rings. The van der Waals surface area contributed by atoms with E-state index >= 15 is 0 Å². The molecule has 0 aliphatic heterocycles. The summed E-state index contributed by atoms with van der Waals surface area (Å²) in [6.45, 7) is 2.24. The second-order valence-corrected chi connectivity index (χ2v) is 4.65. The molecule has 0 bridgehead atoms. The zero-order chi connectivity index (χ0) is 13.8. The van der Waals surface area contributed by atoms with Crippen LogP contribution in [-0.2, 0) is 11.4 Å². The van der Waals surface area contributed by atoms with Crippen LogP contribution in [0.3, 0.4) is 0 Å². The molecular formula is C14H18FNO3. The van der Waals surface area contributed by atoms with Crippen molar-refractivity contribution in [3.8, 4) is 5.75 Å². The molecule has 0 spiro atoms. The average molecular weight is 267 g/mol. The second-order valence-electron chi connectivity index (χ2n) is 4.65. The smallest absolute Gasteiger partial charge is 0.260 e. The topological polar surface area (TPSA) is 49.8 Å². The van der Waals surface area contributed by atoms with Gasteiger partial charge in [0.2, 0.25) is 0 Å². The Morgan fingerprint density at radius 3 is 2.79 bits per heavy atom. The molecule has 1 aliphatic rings. The van der Waals surface area contributed by atoms with Crippen molar-refractivity contribution in [3.63, 3.8) is 0 Å². The number of hydrogen-bond acceptors (Lipinski definition) is 3. The van der Waals surface area contributed by atoms with E-state index in [-0.39, 0.29) is 24.9 Å². The lowest BCUT2D eigenvalue weighted by Crippen LogP contribution is -2.36. The molecule has 1 N–H and O–H groups in total. The molecule has 0 radical (unpaired) electrons. The summed E-state index contributed by atoms with van der Waals surface area (Å²) >= 11 is 0. The van der Waals surface area contributed by atoms with Crippen LogP contribution in [0.4, 0.5) is 4.39 Å². The summed E-state index contributed by atoms with van der Waals surface area (Å²) in [4.78, 5) is 13.7. The van der Waals surface area contributed by atoms with Gasteiger partial charge >= 0.3 is 0 Å². The summed E-state index contributed by atoms with van der Waals surface area (Å²) in [5.74, 6) is -0.299. The molecule has 0 heterocycles. The molecule has 0 aromatic heterocycles. The Bertz CT molecular complexity index is 460. The maximum atomic E-state index is 13.2. The minimum Gasteiger partial charge on any atom is -0.484 e. The number of hydrogen-bond donors (Lipinski definition) is 1. The van der Waals surface area contributed by atoms with Crippen molar-refractivity contribution in [3.05, 3.63) is 29.6 Å². The number of carbonyl (C=O) groups excluding carboxylic acids is 1. The Hall–Kier alpha value is -1.62. The van der Waals surface area contributed by atoms with Crippen LogP contribution in [0, 0.1) is 5.82 Å². The van der Waals surface area contributed by atoms with Crippen molar-refractivity contribution in [2.24, 2.45) is 0 Å². The second kappa shape index (κ2) is 6.02. The lowest BCUT2D eigenvalue weighted by atomic mass is 10.2. The van der Waals surface area contributed by atoms with Crippen molar-refractivity contribution in [1.82, 2.24) is 4.90 Å². The number of aliphatic hydroxyl groups is 1. The van der Waals surface area contributed by atoms with Gasteiger partial charge in [-0.15, -0.1) is 0 Å². The maximum absolute atomic E-state index is 13.2. The van der Waals surface area contributed by atoms with Gasteiger partial charge in [-0.1, -0.05) is 0 Å². The van der Waals surface area contributed by atoms with Crippen LogP contribution in [0.25, 0.3) is 0 Å². The number of carbonyl (C=O) groups is 1. The Morgan fingerprint density at radius 2 is 2.21 bits per heavy atom. The minimum atomic E-state index is -0.483. The standard InChI is InChI=1S/C14H18FNO3/c1-2-16(12-3-4-12)14(18)9-19-13-6-10(8-17)5-11(15)7-13/h5-7,12,17H,2-4,8-9H2,1H3. The number of nitrogens with zero attached hydrogens (tertiary/aromatic N) is 1. The van der Waals surface area contributed by atoms with Gasteiger partial charge in [0, 0.05) is 18.7 Å². The van der Waals surface area contributed by atoms with Crippen LogP contribution in [0.1, 0.15) is 25.3 Å². The van der Waals surface area contributed by atoms with Gasteiger partial charge < -0.3 is 14.7 Å². The molecule has 19 heavy (non-hydrogen) atoms. The van der Waals surface area contributed by atoms with Gasteiger partial charge in [-0.2, -0.15) is 0 Å². The molecule has 0 saturated heterocycles. The molecule has 1 amide bonds. The summed E-state index contributed by atoms with van der Waals surface area (Å²) in [5, 5.41) is 8.97. The number of ether oxygens (including phenoxy) is 1. The number of halogens is 1. The van der Waals surface area contributed by atoms with Gasteiger partial charge in [-0.3, -0.25) is 4.79 Å². The fourth-order valence-corrected chi connectivity index (χ4v) is 2.05. The maximum Gasteiger partial charge on any atom is 0.260 e. The highest BCUT2D eigenvalue weighted by molar-refractivity contribution is 5.78. The number of amides is 1. The van der Waals surface area contributed by atoms with E-state index in [1.165, 1.54) is 18.2 Å². The summed E-state index contributed by atoms with van der Waals surface area (Å²) < 4.78 is 18.5. The van der Waals surface area contributed by atoms with Crippen LogP contribution in [-0.4, -0.2) is 35.1 Å². The molecule has 4 nitrogen and oxygen atoms in total. The molecule has 0 atom stereocenters. The summed E-state index contributed by atoms with van der Waals surface area (Å²) in [6.07, 6.45) is 2.10. The first-order valence-corrected chi connectivity index (χ1v) is 6.46. The van der Waals surface area contributed by atoms with Crippen molar-refractivity contribution < 1.29 is 19.0 Å². The summed E-state index contributed by atoms with van der Waals surface area (Å²) in [5.41, 5.74) is 0.428. The third kappa shape index (κ3) is 3.67. The molecule has 1 saturated carbocycles. The van der Waals surface area contributed by atoms with E-state index in [9.17, 15) is 9.18 Å². The Kier molecular flexibility index (Phi) is 4.37. The molecule has 104 valence electrons. The normalized spacial score (nSPS) is 14.3. The predicted octanol–water partition coefficient (Wildman–Crippen LogP) is 1.71. The number of likely N-dealkylation sites (N-methyl/N-ethyl adjacent to an activating group) is 1. The van der Waals surface area contributed by atoms with Crippen molar-refractivity contribution >= 4 is 5.91 Å². The van der Waals surface area contributed by atoms with Crippen LogP contribution in [0.2, 0.25) is 0 Å². The van der Waals surface area contributed by atoms with Crippen LogP contribution < -0.4 is 4.74 Å².